The fraction of sp³-hybridized carbons (Fsp3) is 0.750. The Morgan fingerprint density at radius 3 is 2.22 bits per heavy atom. The van der Waals surface area contributed by atoms with Crippen LogP contribution < -0.4 is 11.5 Å². The minimum atomic E-state index is -0.771. The zero-order valence-corrected chi connectivity index (χ0v) is 5.73. The minimum absolute atomic E-state index is 0. The Kier molecular flexibility index (Phi) is 7.41. The Morgan fingerprint density at radius 2 is 2.11 bits per heavy atom. The van der Waals surface area contributed by atoms with Crippen LogP contribution in [0.2, 0.25) is 0 Å². The molecular formula is C4H11ClN2O2. The van der Waals surface area contributed by atoms with E-state index in [2.05, 4.69) is 0 Å². The summed E-state index contributed by atoms with van der Waals surface area (Å²) in [5.41, 5.74) is 9.68. The summed E-state index contributed by atoms with van der Waals surface area (Å²) in [6.45, 7) is 0.0862. The summed E-state index contributed by atoms with van der Waals surface area (Å²) in [6, 6.07) is 0. The van der Waals surface area contributed by atoms with Crippen molar-refractivity contribution >= 4 is 18.3 Å². The van der Waals surface area contributed by atoms with E-state index in [4.69, 9.17) is 16.6 Å². The highest BCUT2D eigenvalue weighted by molar-refractivity contribution is 5.85. The van der Waals surface area contributed by atoms with E-state index < -0.39 is 12.0 Å². The van der Waals surface area contributed by atoms with Gasteiger partial charge >= 0.3 is 0 Å². The van der Waals surface area contributed by atoms with Gasteiger partial charge in [-0.25, -0.2) is 0 Å². The van der Waals surface area contributed by atoms with Crippen molar-refractivity contribution in [3.05, 3.63) is 0 Å². The number of carbonyl (C=O) groups excluding carboxylic acids is 1. The van der Waals surface area contributed by atoms with Gasteiger partial charge in [0.25, 0.3) is 0 Å². The van der Waals surface area contributed by atoms with Crippen LogP contribution in [0, 0.1) is 0 Å². The first kappa shape index (κ1) is 11.5. The van der Waals surface area contributed by atoms with Gasteiger partial charge in [-0.05, 0) is 0 Å². The monoisotopic (exact) mass is 154 g/mol. The third-order valence-corrected chi connectivity index (χ3v) is 0.709. The third-order valence-electron chi connectivity index (χ3n) is 0.709. The number of hydrogen-bond acceptors (Lipinski definition) is 3. The van der Waals surface area contributed by atoms with Gasteiger partial charge in [-0.3, -0.25) is 4.79 Å². The highest BCUT2D eigenvalue weighted by atomic mass is 35.5. The molecule has 0 bridgehead atoms. The normalized spacial score (nSPS) is 11.8. The summed E-state index contributed by atoms with van der Waals surface area (Å²) in [7, 11) is 0. The Morgan fingerprint density at radius 1 is 1.67 bits per heavy atom. The lowest BCUT2D eigenvalue weighted by molar-refractivity contribution is -0.119. The number of amides is 1. The quantitative estimate of drug-likeness (QED) is 0.467. The SMILES string of the molecule is Cl.NCC(O)CC(N)=O. The second-order valence-corrected chi connectivity index (χ2v) is 1.56. The number of primary amides is 1. The van der Waals surface area contributed by atoms with Crippen LogP contribution in [-0.4, -0.2) is 23.7 Å². The summed E-state index contributed by atoms with van der Waals surface area (Å²) in [5.74, 6) is -0.525. The Balaban J connectivity index is 0. The number of carbonyl (C=O) groups is 1. The molecule has 0 aliphatic heterocycles. The first-order valence-corrected chi connectivity index (χ1v) is 2.33. The average Bonchev–Trinajstić information content (AvgIpc) is 1.65. The summed E-state index contributed by atoms with van der Waals surface area (Å²) in [4.78, 5) is 9.98. The Bertz CT molecular complexity index is 88.6. The van der Waals surface area contributed by atoms with Gasteiger partial charge in [-0.2, -0.15) is 0 Å². The number of aliphatic hydroxyl groups is 1. The number of hydrogen-bond donors (Lipinski definition) is 3. The van der Waals surface area contributed by atoms with Gasteiger partial charge in [0.1, 0.15) is 0 Å². The van der Waals surface area contributed by atoms with Gasteiger partial charge in [0.2, 0.25) is 5.91 Å². The largest absolute Gasteiger partial charge is 0.391 e. The van der Waals surface area contributed by atoms with Crippen LogP contribution in [0.5, 0.6) is 0 Å². The molecule has 0 saturated carbocycles. The second kappa shape index (κ2) is 5.81. The van der Waals surface area contributed by atoms with Crippen LogP contribution in [0.4, 0.5) is 0 Å². The molecule has 0 aliphatic rings. The van der Waals surface area contributed by atoms with Crippen molar-refractivity contribution in [1.82, 2.24) is 0 Å². The van der Waals surface area contributed by atoms with Gasteiger partial charge in [0.05, 0.1) is 12.5 Å². The molecule has 0 heterocycles. The van der Waals surface area contributed by atoms with Crippen molar-refractivity contribution in [3.8, 4) is 0 Å². The summed E-state index contributed by atoms with van der Waals surface area (Å²) in [5, 5.41) is 8.60. The lowest BCUT2D eigenvalue weighted by Crippen LogP contribution is -2.26. The zero-order chi connectivity index (χ0) is 6.57. The van der Waals surface area contributed by atoms with E-state index in [0.29, 0.717) is 0 Å². The molecule has 0 aromatic carbocycles. The highest BCUT2D eigenvalue weighted by Gasteiger charge is 2.03. The first-order chi connectivity index (χ1) is 3.66. The summed E-state index contributed by atoms with van der Waals surface area (Å²) in [6.07, 6.45) is -0.816. The van der Waals surface area contributed by atoms with Crippen LogP contribution in [0.1, 0.15) is 6.42 Å². The molecule has 56 valence electrons. The van der Waals surface area contributed by atoms with Crippen molar-refractivity contribution in [2.24, 2.45) is 11.5 Å². The molecule has 9 heavy (non-hydrogen) atoms. The van der Waals surface area contributed by atoms with Crippen molar-refractivity contribution in [2.75, 3.05) is 6.54 Å². The van der Waals surface area contributed by atoms with Gasteiger partial charge < -0.3 is 16.6 Å². The van der Waals surface area contributed by atoms with E-state index >= 15 is 0 Å². The summed E-state index contributed by atoms with van der Waals surface area (Å²) < 4.78 is 0. The van der Waals surface area contributed by atoms with E-state index in [1.165, 1.54) is 0 Å². The van der Waals surface area contributed by atoms with Crippen LogP contribution in [-0.2, 0) is 4.79 Å². The molecule has 0 rings (SSSR count). The molecule has 0 aromatic rings. The molecule has 0 saturated heterocycles. The molecule has 1 amide bonds. The van der Waals surface area contributed by atoms with E-state index in [9.17, 15) is 4.79 Å². The molecule has 0 aliphatic carbocycles. The van der Waals surface area contributed by atoms with Crippen LogP contribution in [0.15, 0.2) is 0 Å². The standard InChI is InChI=1S/C4H10N2O2.ClH/c5-2-3(7)1-4(6)8;/h3,7H,1-2,5H2,(H2,6,8);1H. The topological polar surface area (TPSA) is 89.3 Å². The maximum Gasteiger partial charge on any atom is 0.220 e. The number of rotatable bonds is 3. The Labute approximate surface area is 59.6 Å². The fourth-order valence-corrected chi connectivity index (χ4v) is 0.316. The van der Waals surface area contributed by atoms with Crippen molar-refractivity contribution < 1.29 is 9.90 Å². The van der Waals surface area contributed by atoms with Gasteiger partial charge in [0.15, 0.2) is 0 Å². The lowest BCUT2D eigenvalue weighted by atomic mass is 10.2. The maximum absolute atomic E-state index is 9.98. The van der Waals surface area contributed by atoms with E-state index in [0.717, 1.165) is 0 Å². The maximum atomic E-state index is 9.98. The minimum Gasteiger partial charge on any atom is -0.391 e. The lowest BCUT2D eigenvalue weighted by Gasteiger charge is -2.01. The van der Waals surface area contributed by atoms with Crippen LogP contribution in [0.3, 0.4) is 0 Å². The molecule has 1 atom stereocenters. The number of halogens is 1. The highest BCUT2D eigenvalue weighted by Crippen LogP contribution is 1.84. The molecule has 0 radical (unpaired) electrons. The molecule has 4 nitrogen and oxygen atoms in total. The number of nitrogens with two attached hydrogens (primary N) is 2. The molecule has 0 fully saturated rings. The second-order valence-electron chi connectivity index (χ2n) is 1.56. The zero-order valence-electron chi connectivity index (χ0n) is 4.91. The smallest absolute Gasteiger partial charge is 0.220 e. The molecule has 0 spiro atoms. The van der Waals surface area contributed by atoms with E-state index in [1.54, 1.807) is 0 Å². The van der Waals surface area contributed by atoms with Crippen LogP contribution >= 0.6 is 12.4 Å². The first-order valence-electron chi connectivity index (χ1n) is 2.33. The van der Waals surface area contributed by atoms with E-state index in [1.807, 2.05) is 0 Å². The molecule has 1 unspecified atom stereocenters. The fourth-order valence-electron chi connectivity index (χ4n) is 0.316. The van der Waals surface area contributed by atoms with Gasteiger partial charge in [-0.1, -0.05) is 0 Å². The predicted molar refractivity (Wildman–Crippen MR) is 36.1 cm³/mol. The summed E-state index contributed by atoms with van der Waals surface area (Å²) >= 11 is 0. The molecular weight excluding hydrogens is 144 g/mol. The molecule has 5 heteroatoms. The Hall–Kier alpha value is -0.320. The number of aliphatic hydroxyl groups excluding tert-OH is 1. The predicted octanol–water partition coefficient (Wildman–Crippen LogP) is -1.40. The van der Waals surface area contributed by atoms with Crippen molar-refractivity contribution in [3.63, 3.8) is 0 Å². The molecule has 5 N–H and O–H groups in total. The van der Waals surface area contributed by atoms with Crippen molar-refractivity contribution in [1.29, 1.82) is 0 Å². The third kappa shape index (κ3) is 7.68. The van der Waals surface area contributed by atoms with Gasteiger partial charge in [0, 0.05) is 6.54 Å². The van der Waals surface area contributed by atoms with E-state index in [-0.39, 0.29) is 25.4 Å². The average molecular weight is 155 g/mol. The van der Waals surface area contributed by atoms with Gasteiger partial charge in [-0.15, -0.1) is 12.4 Å². The molecule has 0 aromatic heterocycles. The van der Waals surface area contributed by atoms with Crippen molar-refractivity contribution in [2.45, 2.75) is 12.5 Å². The van der Waals surface area contributed by atoms with Crippen LogP contribution in [0.25, 0.3) is 0 Å².